The summed E-state index contributed by atoms with van der Waals surface area (Å²) in [5.41, 5.74) is 3.84. The predicted molar refractivity (Wildman–Crippen MR) is 132 cm³/mol. The summed E-state index contributed by atoms with van der Waals surface area (Å²) in [4.78, 5) is 29.8. The van der Waals surface area contributed by atoms with Crippen LogP contribution in [-0.4, -0.2) is 83.2 Å². The second-order valence-corrected chi connectivity index (χ2v) is 9.20. The van der Waals surface area contributed by atoms with Crippen molar-refractivity contribution in [3.8, 4) is 23.0 Å². The average Bonchev–Trinajstić information content (AvgIpc) is 2.96. The summed E-state index contributed by atoms with van der Waals surface area (Å²) in [5.74, 6) is 2.89. The first-order valence-electron chi connectivity index (χ1n) is 11.9. The number of ketones is 1. The van der Waals surface area contributed by atoms with Crippen LogP contribution >= 0.6 is 0 Å². The zero-order valence-corrected chi connectivity index (χ0v) is 21.2. The van der Waals surface area contributed by atoms with Crippen molar-refractivity contribution in [2.24, 2.45) is 0 Å². The SMILES string of the molecule is COc1cc2c(cc1OC)C(=O)CN(CCCN(C)CC1Cc3cc(OC)c(OC)cc31)C(=O)C2. The first kappa shape index (κ1) is 24.9. The highest BCUT2D eigenvalue weighted by atomic mass is 16.5. The lowest BCUT2D eigenvalue weighted by molar-refractivity contribution is -0.130. The molecule has 35 heavy (non-hydrogen) atoms. The van der Waals surface area contributed by atoms with E-state index in [2.05, 4.69) is 24.1 Å². The molecule has 0 bridgehead atoms. The van der Waals surface area contributed by atoms with Gasteiger partial charge in [-0.05, 0) is 67.4 Å². The van der Waals surface area contributed by atoms with Crippen molar-refractivity contribution < 1.29 is 28.5 Å². The number of methoxy groups -OCH3 is 4. The molecule has 8 heteroatoms. The van der Waals surface area contributed by atoms with Gasteiger partial charge in [-0.2, -0.15) is 0 Å². The molecule has 1 aliphatic heterocycles. The summed E-state index contributed by atoms with van der Waals surface area (Å²) in [7, 11) is 8.49. The van der Waals surface area contributed by atoms with Gasteiger partial charge in [0.2, 0.25) is 5.91 Å². The number of benzene rings is 2. The van der Waals surface area contributed by atoms with E-state index in [1.165, 1.54) is 18.2 Å². The zero-order chi connectivity index (χ0) is 25.1. The smallest absolute Gasteiger partial charge is 0.227 e. The standard InChI is InChI=1S/C27H34N2O6/c1-28(15-19-9-17-10-23(32-2)25(34-4)13-20(17)19)7-6-8-29-16-22(30)21-14-26(35-5)24(33-3)11-18(21)12-27(29)31/h10-11,13-14,19H,6-9,12,15-16H2,1-5H3. The third-order valence-corrected chi connectivity index (χ3v) is 6.99. The second-order valence-electron chi connectivity index (χ2n) is 9.20. The number of fused-ring (bicyclic) bond motifs is 2. The van der Waals surface area contributed by atoms with Crippen LogP contribution in [0.4, 0.5) is 0 Å². The molecule has 1 aliphatic carbocycles. The molecule has 1 atom stereocenters. The van der Waals surface area contributed by atoms with E-state index < -0.39 is 0 Å². The normalized spacial score (nSPS) is 16.9. The molecule has 0 fully saturated rings. The van der Waals surface area contributed by atoms with Gasteiger partial charge in [0, 0.05) is 24.6 Å². The van der Waals surface area contributed by atoms with E-state index in [1.807, 2.05) is 0 Å². The third kappa shape index (κ3) is 5.07. The maximum atomic E-state index is 12.9. The van der Waals surface area contributed by atoms with Crippen LogP contribution in [0.25, 0.3) is 0 Å². The lowest BCUT2D eigenvalue weighted by Gasteiger charge is -2.34. The lowest BCUT2D eigenvalue weighted by atomic mass is 9.77. The number of hydrogen-bond donors (Lipinski definition) is 0. The van der Waals surface area contributed by atoms with Gasteiger partial charge in [0.25, 0.3) is 0 Å². The van der Waals surface area contributed by atoms with E-state index in [1.54, 1.807) is 38.4 Å². The molecule has 0 N–H and O–H groups in total. The second kappa shape index (κ2) is 10.6. The average molecular weight is 483 g/mol. The number of rotatable bonds is 10. The Morgan fingerprint density at radius 2 is 1.49 bits per heavy atom. The number of nitrogens with zero attached hydrogens (tertiary/aromatic N) is 2. The Kier molecular flexibility index (Phi) is 7.50. The van der Waals surface area contributed by atoms with Gasteiger partial charge < -0.3 is 28.7 Å². The van der Waals surface area contributed by atoms with Crippen LogP contribution in [0.15, 0.2) is 24.3 Å². The molecule has 1 heterocycles. The summed E-state index contributed by atoms with van der Waals surface area (Å²) in [6.45, 7) is 2.40. The topological polar surface area (TPSA) is 77.5 Å². The van der Waals surface area contributed by atoms with Crippen LogP contribution in [0.1, 0.15) is 39.4 Å². The Bertz CT molecular complexity index is 1120. The molecule has 0 saturated carbocycles. The number of likely N-dealkylation sites (N-methyl/N-ethyl adjacent to an activating group) is 1. The van der Waals surface area contributed by atoms with Gasteiger partial charge in [-0.1, -0.05) is 0 Å². The van der Waals surface area contributed by atoms with Crippen molar-refractivity contribution in [2.45, 2.75) is 25.2 Å². The summed E-state index contributed by atoms with van der Waals surface area (Å²) in [6.07, 6.45) is 2.00. The van der Waals surface area contributed by atoms with Crippen molar-refractivity contribution in [1.82, 2.24) is 9.80 Å². The molecule has 2 aliphatic rings. The van der Waals surface area contributed by atoms with Crippen LogP contribution in [0.2, 0.25) is 0 Å². The molecular weight excluding hydrogens is 448 g/mol. The molecule has 8 nitrogen and oxygen atoms in total. The van der Waals surface area contributed by atoms with Gasteiger partial charge in [0.15, 0.2) is 28.8 Å². The van der Waals surface area contributed by atoms with Gasteiger partial charge in [-0.15, -0.1) is 0 Å². The highest BCUT2D eigenvalue weighted by Gasteiger charge is 2.30. The molecule has 0 radical (unpaired) electrons. The summed E-state index contributed by atoms with van der Waals surface area (Å²) in [5, 5.41) is 0. The van der Waals surface area contributed by atoms with Crippen molar-refractivity contribution in [1.29, 1.82) is 0 Å². The molecule has 4 rings (SSSR count). The van der Waals surface area contributed by atoms with Crippen molar-refractivity contribution in [3.63, 3.8) is 0 Å². The lowest BCUT2D eigenvalue weighted by Crippen LogP contribution is -2.37. The Hall–Kier alpha value is -3.26. The van der Waals surface area contributed by atoms with Crippen molar-refractivity contribution >= 4 is 11.7 Å². The van der Waals surface area contributed by atoms with E-state index in [4.69, 9.17) is 18.9 Å². The van der Waals surface area contributed by atoms with Crippen LogP contribution in [0.5, 0.6) is 23.0 Å². The summed E-state index contributed by atoms with van der Waals surface area (Å²) in [6, 6.07) is 7.57. The van der Waals surface area contributed by atoms with Crippen LogP contribution < -0.4 is 18.9 Å². The molecule has 0 aromatic heterocycles. The van der Waals surface area contributed by atoms with E-state index in [0.717, 1.165) is 37.4 Å². The van der Waals surface area contributed by atoms with E-state index in [-0.39, 0.29) is 24.7 Å². The van der Waals surface area contributed by atoms with Gasteiger partial charge in [-0.3, -0.25) is 9.59 Å². The van der Waals surface area contributed by atoms with E-state index in [9.17, 15) is 9.59 Å². The molecule has 188 valence electrons. The predicted octanol–water partition coefficient (Wildman–Crippen LogP) is 2.95. The minimum absolute atomic E-state index is 0.0408. The number of carbonyl (C=O) groups excluding carboxylic acids is 2. The van der Waals surface area contributed by atoms with Crippen molar-refractivity contribution in [3.05, 3.63) is 46.5 Å². The van der Waals surface area contributed by atoms with E-state index >= 15 is 0 Å². The minimum Gasteiger partial charge on any atom is -0.493 e. The molecule has 2 aromatic rings. The van der Waals surface area contributed by atoms with Gasteiger partial charge in [0.05, 0.1) is 41.4 Å². The minimum atomic E-state index is -0.0735. The largest absolute Gasteiger partial charge is 0.493 e. The Labute approximate surface area is 206 Å². The van der Waals surface area contributed by atoms with Gasteiger partial charge >= 0.3 is 0 Å². The van der Waals surface area contributed by atoms with Crippen LogP contribution in [-0.2, 0) is 17.6 Å². The fourth-order valence-corrected chi connectivity index (χ4v) is 5.05. The van der Waals surface area contributed by atoms with E-state index in [0.29, 0.717) is 35.1 Å². The van der Waals surface area contributed by atoms with Crippen LogP contribution in [0, 0.1) is 0 Å². The van der Waals surface area contributed by atoms with Gasteiger partial charge in [0.1, 0.15) is 0 Å². The summed E-state index contributed by atoms with van der Waals surface area (Å²) < 4.78 is 21.5. The molecule has 1 amide bonds. The Balaban J connectivity index is 1.32. The molecule has 2 aromatic carbocycles. The molecule has 1 unspecified atom stereocenters. The highest BCUT2D eigenvalue weighted by Crippen LogP contribution is 2.42. The maximum Gasteiger partial charge on any atom is 0.227 e. The Morgan fingerprint density at radius 3 is 2.14 bits per heavy atom. The van der Waals surface area contributed by atoms with Crippen LogP contribution in [0.3, 0.4) is 0 Å². The van der Waals surface area contributed by atoms with Crippen molar-refractivity contribution in [2.75, 3.05) is 61.7 Å². The zero-order valence-electron chi connectivity index (χ0n) is 21.2. The maximum absolute atomic E-state index is 12.9. The fourth-order valence-electron chi connectivity index (χ4n) is 5.05. The number of ether oxygens (including phenoxy) is 4. The number of amides is 1. The number of carbonyl (C=O) groups is 2. The molecule has 0 spiro atoms. The quantitative estimate of drug-likeness (QED) is 0.515. The fraction of sp³-hybridized carbons (Fsp3) is 0.481. The van der Waals surface area contributed by atoms with Gasteiger partial charge in [-0.25, -0.2) is 0 Å². The number of Topliss-reactive ketones (excluding diaryl/α,β-unsaturated/α-hetero) is 1. The Morgan fingerprint density at radius 1 is 0.886 bits per heavy atom. The monoisotopic (exact) mass is 482 g/mol. The molecular formula is C27H34N2O6. The first-order valence-corrected chi connectivity index (χ1v) is 11.9. The molecule has 0 saturated heterocycles. The number of hydrogen-bond acceptors (Lipinski definition) is 7. The summed E-state index contributed by atoms with van der Waals surface area (Å²) >= 11 is 0. The highest BCUT2D eigenvalue weighted by molar-refractivity contribution is 6.04. The third-order valence-electron chi connectivity index (χ3n) is 6.99. The first-order chi connectivity index (χ1) is 16.9.